The van der Waals surface area contributed by atoms with Crippen LogP contribution in [0.1, 0.15) is 23.0 Å². The van der Waals surface area contributed by atoms with Gasteiger partial charge in [0.1, 0.15) is 18.5 Å². The lowest BCUT2D eigenvalue weighted by molar-refractivity contribution is -0.118. The summed E-state index contributed by atoms with van der Waals surface area (Å²) < 4.78 is 5.83. The zero-order chi connectivity index (χ0) is 18.5. The van der Waals surface area contributed by atoms with Gasteiger partial charge in [0.25, 0.3) is 0 Å². The van der Waals surface area contributed by atoms with Crippen LogP contribution in [0.15, 0.2) is 79.0 Å². The second-order valence-electron chi connectivity index (χ2n) is 6.55. The smallest absolute Gasteiger partial charge is 0.235 e. The third kappa shape index (κ3) is 4.33. The maximum atomic E-state index is 11.9. The molecule has 1 aromatic heterocycles. The molecule has 5 heteroatoms. The highest BCUT2D eigenvalue weighted by atomic mass is 16.5. The minimum Gasteiger partial charge on any atom is -0.489 e. The van der Waals surface area contributed by atoms with Crippen molar-refractivity contribution in [2.45, 2.75) is 19.3 Å². The molecule has 1 amide bonds. The van der Waals surface area contributed by atoms with Crippen LogP contribution in [0.2, 0.25) is 0 Å². The number of rotatable bonds is 6. The first-order valence-electron chi connectivity index (χ1n) is 8.98. The van der Waals surface area contributed by atoms with Crippen molar-refractivity contribution >= 4 is 5.91 Å². The summed E-state index contributed by atoms with van der Waals surface area (Å²) in [5.74, 6) is 0.855. The van der Waals surface area contributed by atoms with Crippen LogP contribution < -0.4 is 10.1 Å². The maximum Gasteiger partial charge on any atom is 0.235 e. The molecule has 0 aliphatic carbocycles. The van der Waals surface area contributed by atoms with E-state index < -0.39 is 0 Å². The average molecular weight is 359 g/mol. The van der Waals surface area contributed by atoms with Crippen molar-refractivity contribution in [2.75, 3.05) is 6.54 Å². The number of aromatic nitrogens is 1. The highest BCUT2D eigenvalue weighted by Gasteiger charge is 2.31. The molecule has 4 rings (SSSR count). The normalized spacial score (nSPS) is 16.9. The molecule has 1 fully saturated rings. The van der Waals surface area contributed by atoms with Crippen LogP contribution in [-0.4, -0.2) is 22.3 Å². The number of amides is 1. The maximum absolute atomic E-state index is 11.9. The van der Waals surface area contributed by atoms with Crippen molar-refractivity contribution in [1.82, 2.24) is 15.2 Å². The summed E-state index contributed by atoms with van der Waals surface area (Å²) in [6.07, 6.45) is 1.56. The van der Waals surface area contributed by atoms with Crippen molar-refractivity contribution in [3.63, 3.8) is 0 Å². The standard InChI is InChI=1S/C22H21N3O2/c26-21-15-25(22(24-21)20-8-4-5-13-23-20)14-17-9-11-19(12-10-17)27-16-18-6-2-1-3-7-18/h1-13,22H,14-16H2,(H,24,26). The van der Waals surface area contributed by atoms with Gasteiger partial charge in [0, 0.05) is 12.7 Å². The molecule has 1 unspecified atom stereocenters. The summed E-state index contributed by atoms with van der Waals surface area (Å²) in [6.45, 7) is 1.58. The number of nitrogens with zero attached hydrogens (tertiary/aromatic N) is 2. The molecule has 27 heavy (non-hydrogen) atoms. The monoisotopic (exact) mass is 359 g/mol. The zero-order valence-electron chi connectivity index (χ0n) is 14.9. The van der Waals surface area contributed by atoms with Crippen LogP contribution in [0.25, 0.3) is 0 Å². The fourth-order valence-corrected chi connectivity index (χ4v) is 3.18. The lowest BCUT2D eigenvalue weighted by Crippen LogP contribution is -2.28. The van der Waals surface area contributed by atoms with Gasteiger partial charge in [-0.05, 0) is 35.4 Å². The van der Waals surface area contributed by atoms with E-state index in [1.165, 1.54) is 0 Å². The van der Waals surface area contributed by atoms with Gasteiger partial charge in [-0.1, -0.05) is 48.5 Å². The molecule has 1 aliphatic rings. The number of pyridine rings is 1. The van der Waals surface area contributed by atoms with Gasteiger partial charge in [0.2, 0.25) is 5.91 Å². The molecular formula is C22H21N3O2. The number of carbonyl (C=O) groups is 1. The van der Waals surface area contributed by atoms with Gasteiger partial charge in [-0.25, -0.2) is 0 Å². The Bertz CT molecular complexity index is 882. The van der Waals surface area contributed by atoms with Crippen molar-refractivity contribution in [1.29, 1.82) is 0 Å². The van der Waals surface area contributed by atoms with Crippen LogP contribution in [0.4, 0.5) is 0 Å². The van der Waals surface area contributed by atoms with E-state index in [9.17, 15) is 4.79 Å². The van der Waals surface area contributed by atoms with Gasteiger partial charge < -0.3 is 10.1 Å². The minimum atomic E-state index is -0.187. The third-order valence-corrected chi connectivity index (χ3v) is 4.53. The summed E-state index contributed by atoms with van der Waals surface area (Å²) in [6, 6.07) is 23.9. The van der Waals surface area contributed by atoms with E-state index in [1.807, 2.05) is 72.8 Å². The van der Waals surface area contributed by atoms with Crippen LogP contribution in [0.3, 0.4) is 0 Å². The lowest BCUT2D eigenvalue weighted by atomic mass is 10.2. The van der Waals surface area contributed by atoms with E-state index >= 15 is 0 Å². The summed E-state index contributed by atoms with van der Waals surface area (Å²) >= 11 is 0. The van der Waals surface area contributed by atoms with Gasteiger partial charge in [0.05, 0.1) is 12.2 Å². The molecule has 0 bridgehead atoms. The van der Waals surface area contributed by atoms with Gasteiger partial charge in [0.15, 0.2) is 0 Å². The Hall–Kier alpha value is -3.18. The van der Waals surface area contributed by atoms with Gasteiger partial charge in [-0.2, -0.15) is 0 Å². The van der Waals surface area contributed by atoms with Crippen LogP contribution in [0, 0.1) is 0 Å². The molecule has 0 radical (unpaired) electrons. The van der Waals surface area contributed by atoms with Crippen LogP contribution in [-0.2, 0) is 17.9 Å². The lowest BCUT2D eigenvalue weighted by Gasteiger charge is -2.22. The topological polar surface area (TPSA) is 54.5 Å². The molecule has 1 N–H and O–H groups in total. The molecular weight excluding hydrogens is 338 g/mol. The minimum absolute atomic E-state index is 0.0217. The van der Waals surface area contributed by atoms with Crippen molar-refractivity contribution in [2.24, 2.45) is 0 Å². The first kappa shape index (κ1) is 17.2. The quantitative estimate of drug-likeness (QED) is 0.734. The zero-order valence-corrected chi connectivity index (χ0v) is 14.9. The molecule has 1 atom stereocenters. The molecule has 2 heterocycles. The van der Waals surface area contributed by atoms with E-state index in [1.54, 1.807) is 6.20 Å². The molecule has 0 spiro atoms. The van der Waals surface area contributed by atoms with Gasteiger partial charge in [-0.15, -0.1) is 0 Å². The molecule has 1 aliphatic heterocycles. The molecule has 5 nitrogen and oxygen atoms in total. The molecule has 3 aromatic rings. The number of carbonyl (C=O) groups excluding carboxylic acids is 1. The first-order valence-corrected chi connectivity index (χ1v) is 8.98. The number of hydrogen-bond donors (Lipinski definition) is 1. The van der Waals surface area contributed by atoms with Crippen LogP contribution in [0.5, 0.6) is 5.75 Å². The Morgan fingerprint density at radius 2 is 1.74 bits per heavy atom. The molecule has 136 valence electrons. The molecule has 2 aromatic carbocycles. The Labute approximate surface area is 158 Å². The summed E-state index contributed by atoms with van der Waals surface area (Å²) in [7, 11) is 0. The second kappa shape index (κ2) is 8.01. The fraction of sp³-hybridized carbons (Fsp3) is 0.182. The molecule has 0 saturated carbocycles. The number of ether oxygens (including phenoxy) is 1. The number of benzene rings is 2. The Morgan fingerprint density at radius 1 is 0.963 bits per heavy atom. The summed E-state index contributed by atoms with van der Waals surface area (Å²) in [5.41, 5.74) is 3.12. The van der Waals surface area contributed by atoms with E-state index in [0.717, 1.165) is 22.6 Å². The Balaban J connectivity index is 1.39. The predicted molar refractivity (Wildman–Crippen MR) is 103 cm³/mol. The SMILES string of the molecule is O=C1CN(Cc2ccc(OCc3ccccc3)cc2)C(c2ccccn2)N1. The first-order chi connectivity index (χ1) is 13.3. The van der Waals surface area contributed by atoms with Crippen LogP contribution >= 0.6 is 0 Å². The predicted octanol–water partition coefficient (Wildman–Crippen LogP) is 3.29. The second-order valence-corrected chi connectivity index (χ2v) is 6.55. The van der Waals surface area contributed by atoms with E-state index in [4.69, 9.17) is 4.74 Å². The highest BCUT2D eigenvalue weighted by Crippen LogP contribution is 2.23. The molecule has 1 saturated heterocycles. The largest absolute Gasteiger partial charge is 0.489 e. The fourth-order valence-electron chi connectivity index (χ4n) is 3.18. The average Bonchev–Trinajstić information content (AvgIpc) is 3.09. The van der Waals surface area contributed by atoms with E-state index in [2.05, 4.69) is 15.2 Å². The highest BCUT2D eigenvalue weighted by molar-refractivity contribution is 5.80. The Morgan fingerprint density at radius 3 is 2.48 bits per heavy atom. The summed E-state index contributed by atoms with van der Waals surface area (Å²) in [4.78, 5) is 18.4. The van der Waals surface area contributed by atoms with Crippen molar-refractivity contribution in [3.8, 4) is 5.75 Å². The van der Waals surface area contributed by atoms with Gasteiger partial charge in [-0.3, -0.25) is 14.7 Å². The summed E-state index contributed by atoms with van der Waals surface area (Å²) in [5, 5.41) is 2.99. The number of hydrogen-bond acceptors (Lipinski definition) is 4. The van der Waals surface area contributed by atoms with E-state index in [0.29, 0.717) is 19.7 Å². The van der Waals surface area contributed by atoms with Gasteiger partial charge >= 0.3 is 0 Å². The van der Waals surface area contributed by atoms with E-state index in [-0.39, 0.29) is 12.1 Å². The third-order valence-electron chi connectivity index (χ3n) is 4.53. The number of nitrogens with one attached hydrogen (secondary N) is 1. The van der Waals surface area contributed by atoms with Crippen molar-refractivity contribution in [3.05, 3.63) is 95.8 Å². The van der Waals surface area contributed by atoms with Crippen molar-refractivity contribution < 1.29 is 9.53 Å². The Kier molecular flexibility index (Phi) is 5.12.